The van der Waals surface area contributed by atoms with Gasteiger partial charge in [-0.1, -0.05) is 26.8 Å². The molecule has 0 radical (unpaired) electrons. The highest BCUT2D eigenvalue weighted by atomic mass is 16.5. The summed E-state index contributed by atoms with van der Waals surface area (Å²) < 4.78 is 10.4. The highest BCUT2D eigenvalue weighted by Crippen LogP contribution is 2.35. The summed E-state index contributed by atoms with van der Waals surface area (Å²) in [6, 6.07) is 5.79. The van der Waals surface area contributed by atoms with Crippen molar-refractivity contribution in [2.24, 2.45) is 11.1 Å². The largest absolute Gasteiger partial charge is 0.493 e. The first kappa shape index (κ1) is 12.8. The molecule has 0 spiro atoms. The summed E-state index contributed by atoms with van der Waals surface area (Å²) in [5.74, 6) is 1.45. The molecular weight excluding hydrogens is 202 g/mol. The third kappa shape index (κ3) is 2.67. The van der Waals surface area contributed by atoms with Gasteiger partial charge in [0.2, 0.25) is 0 Å². The van der Waals surface area contributed by atoms with E-state index >= 15 is 0 Å². The van der Waals surface area contributed by atoms with Gasteiger partial charge in [-0.3, -0.25) is 0 Å². The summed E-state index contributed by atoms with van der Waals surface area (Å²) >= 11 is 0. The summed E-state index contributed by atoms with van der Waals surface area (Å²) in [7, 11) is 3.26. The van der Waals surface area contributed by atoms with E-state index < -0.39 is 0 Å². The van der Waals surface area contributed by atoms with Gasteiger partial charge in [0.05, 0.1) is 14.2 Å². The summed E-state index contributed by atoms with van der Waals surface area (Å²) in [4.78, 5) is 0. The van der Waals surface area contributed by atoms with Crippen molar-refractivity contribution >= 4 is 0 Å². The zero-order valence-corrected chi connectivity index (χ0v) is 10.7. The first-order valence-electron chi connectivity index (χ1n) is 5.37. The van der Waals surface area contributed by atoms with Crippen molar-refractivity contribution in [3.05, 3.63) is 23.8 Å². The molecule has 0 aliphatic carbocycles. The summed E-state index contributed by atoms with van der Waals surface area (Å²) in [6.45, 7) is 6.36. The van der Waals surface area contributed by atoms with Gasteiger partial charge in [-0.05, 0) is 23.1 Å². The van der Waals surface area contributed by atoms with Crippen molar-refractivity contribution in [3.8, 4) is 11.5 Å². The average molecular weight is 223 g/mol. The smallest absolute Gasteiger partial charge is 0.161 e. The minimum Gasteiger partial charge on any atom is -0.493 e. The molecule has 0 aliphatic rings. The van der Waals surface area contributed by atoms with E-state index in [9.17, 15) is 0 Å². The lowest BCUT2D eigenvalue weighted by atomic mass is 9.83. The highest BCUT2D eigenvalue weighted by molar-refractivity contribution is 5.44. The Labute approximate surface area is 97.6 Å². The standard InChI is InChI=1S/C13H21NO2/c1-13(2,3)12(14)9-6-7-10(15-4)11(8-9)16-5/h6-8,12H,14H2,1-5H3/t12-/m0/s1. The Morgan fingerprint density at radius 1 is 1.06 bits per heavy atom. The van der Waals surface area contributed by atoms with E-state index in [0.717, 1.165) is 17.1 Å². The molecule has 0 amide bonds. The number of benzene rings is 1. The zero-order chi connectivity index (χ0) is 12.3. The van der Waals surface area contributed by atoms with Crippen LogP contribution in [0, 0.1) is 5.41 Å². The fraction of sp³-hybridized carbons (Fsp3) is 0.538. The van der Waals surface area contributed by atoms with Gasteiger partial charge in [0, 0.05) is 6.04 Å². The summed E-state index contributed by atoms with van der Waals surface area (Å²) in [5.41, 5.74) is 7.28. The van der Waals surface area contributed by atoms with Crippen molar-refractivity contribution in [2.75, 3.05) is 14.2 Å². The molecule has 0 saturated heterocycles. The first-order chi connectivity index (χ1) is 7.40. The average Bonchev–Trinajstić information content (AvgIpc) is 2.25. The molecule has 0 aliphatic heterocycles. The van der Waals surface area contributed by atoms with Crippen LogP contribution in [0.15, 0.2) is 18.2 Å². The Morgan fingerprint density at radius 2 is 1.62 bits per heavy atom. The van der Waals surface area contributed by atoms with Gasteiger partial charge >= 0.3 is 0 Å². The number of rotatable bonds is 3. The molecule has 1 atom stereocenters. The van der Waals surface area contributed by atoms with E-state index in [1.165, 1.54) is 0 Å². The number of nitrogens with two attached hydrogens (primary N) is 1. The molecule has 0 aromatic heterocycles. The molecule has 0 heterocycles. The maximum absolute atomic E-state index is 6.19. The van der Waals surface area contributed by atoms with Gasteiger partial charge in [0.1, 0.15) is 0 Å². The van der Waals surface area contributed by atoms with Crippen molar-refractivity contribution in [1.29, 1.82) is 0 Å². The molecule has 16 heavy (non-hydrogen) atoms. The monoisotopic (exact) mass is 223 g/mol. The molecule has 2 N–H and O–H groups in total. The van der Waals surface area contributed by atoms with Gasteiger partial charge in [-0.2, -0.15) is 0 Å². The Hall–Kier alpha value is -1.22. The third-order valence-corrected chi connectivity index (χ3v) is 2.70. The van der Waals surface area contributed by atoms with E-state index in [-0.39, 0.29) is 11.5 Å². The first-order valence-corrected chi connectivity index (χ1v) is 5.37. The number of methoxy groups -OCH3 is 2. The Bertz CT molecular complexity index is 355. The minimum absolute atomic E-state index is 0.0210. The molecule has 0 fully saturated rings. The van der Waals surface area contributed by atoms with Gasteiger partial charge in [0.25, 0.3) is 0 Å². The van der Waals surface area contributed by atoms with Crippen LogP contribution in [0.2, 0.25) is 0 Å². The summed E-state index contributed by atoms with van der Waals surface area (Å²) in [5, 5.41) is 0. The molecular formula is C13H21NO2. The van der Waals surface area contributed by atoms with E-state index in [4.69, 9.17) is 15.2 Å². The lowest BCUT2D eigenvalue weighted by Crippen LogP contribution is -2.26. The van der Waals surface area contributed by atoms with Crippen LogP contribution in [0.25, 0.3) is 0 Å². The topological polar surface area (TPSA) is 44.5 Å². The normalized spacial score (nSPS) is 13.4. The molecule has 0 saturated carbocycles. The van der Waals surface area contributed by atoms with Gasteiger partial charge in [-0.15, -0.1) is 0 Å². The zero-order valence-electron chi connectivity index (χ0n) is 10.7. The van der Waals surface area contributed by atoms with E-state index in [2.05, 4.69) is 20.8 Å². The predicted octanol–water partition coefficient (Wildman–Crippen LogP) is 2.75. The van der Waals surface area contributed by atoms with Gasteiger partial charge in [0.15, 0.2) is 11.5 Å². The summed E-state index contributed by atoms with van der Waals surface area (Å²) in [6.07, 6.45) is 0. The van der Waals surface area contributed by atoms with E-state index in [1.54, 1.807) is 14.2 Å². The number of hydrogen-bond acceptors (Lipinski definition) is 3. The van der Waals surface area contributed by atoms with Gasteiger partial charge in [-0.25, -0.2) is 0 Å². The second-order valence-corrected chi connectivity index (χ2v) is 4.96. The quantitative estimate of drug-likeness (QED) is 0.857. The Kier molecular flexibility index (Phi) is 3.81. The third-order valence-electron chi connectivity index (χ3n) is 2.70. The van der Waals surface area contributed by atoms with Gasteiger partial charge < -0.3 is 15.2 Å². The van der Waals surface area contributed by atoms with E-state index in [1.807, 2.05) is 18.2 Å². The van der Waals surface area contributed by atoms with Crippen LogP contribution in [0.5, 0.6) is 11.5 Å². The molecule has 3 heteroatoms. The molecule has 3 nitrogen and oxygen atoms in total. The van der Waals surface area contributed by atoms with Crippen molar-refractivity contribution in [3.63, 3.8) is 0 Å². The maximum atomic E-state index is 6.19. The lowest BCUT2D eigenvalue weighted by Gasteiger charge is -2.27. The second-order valence-electron chi connectivity index (χ2n) is 4.96. The second kappa shape index (κ2) is 4.74. The van der Waals surface area contributed by atoms with Crippen LogP contribution < -0.4 is 15.2 Å². The minimum atomic E-state index is -0.0210. The number of hydrogen-bond donors (Lipinski definition) is 1. The molecule has 1 aromatic carbocycles. The molecule has 0 unspecified atom stereocenters. The Morgan fingerprint density at radius 3 is 2.06 bits per heavy atom. The molecule has 1 rings (SSSR count). The molecule has 0 bridgehead atoms. The molecule has 1 aromatic rings. The fourth-order valence-corrected chi connectivity index (χ4v) is 1.55. The van der Waals surface area contributed by atoms with Crippen molar-refractivity contribution in [1.82, 2.24) is 0 Å². The van der Waals surface area contributed by atoms with Crippen molar-refractivity contribution in [2.45, 2.75) is 26.8 Å². The van der Waals surface area contributed by atoms with Crippen LogP contribution in [0.4, 0.5) is 0 Å². The number of ether oxygens (including phenoxy) is 2. The lowest BCUT2D eigenvalue weighted by molar-refractivity contribution is 0.322. The van der Waals surface area contributed by atoms with Crippen LogP contribution >= 0.6 is 0 Å². The Balaban J connectivity index is 3.08. The fourth-order valence-electron chi connectivity index (χ4n) is 1.55. The SMILES string of the molecule is COc1ccc([C@H](N)C(C)(C)C)cc1OC. The highest BCUT2D eigenvalue weighted by Gasteiger charge is 2.23. The maximum Gasteiger partial charge on any atom is 0.161 e. The molecule has 90 valence electrons. The van der Waals surface area contributed by atoms with E-state index in [0.29, 0.717) is 0 Å². The van der Waals surface area contributed by atoms with Crippen LogP contribution in [0.3, 0.4) is 0 Å². The van der Waals surface area contributed by atoms with Crippen LogP contribution in [0.1, 0.15) is 32.4 Å². The predicted molar refractivity (Wildman–Crippen MR) is 65.9 cm³/mol. The van der Waals surface area contributed by atoms with Crippen LogP contribution in [-0.4, -0.2) is 14.2 Å². The van der Waals surface area contributed by atoms with Crippen molar-refractivity contribution < 1.29 is 9.47 Å². The van der Waals surface area contributed by atoms with Crippen LogP contribution in [-0.2, 0) is 0 Å².